The molecular weight excluding hydrogens is 262 g/mol. The third kappa shape index (κ3) is 4.63. The number of amides is 1. The summed E-state index contributed by atoms with van der Waals surface area (Å²) in [5.74, 6) is 0.795. The molecule has 0 spiro atoms. The van der Waals surface area contributed by atoms with Gasteiger partial charge < -0.3 is 10.1 Å². The van der Waals surface area contributed by atoms with Crippen LogP contribution >= 0.6 is 0 Å². The van der Waals surface area contributed by atoms with Crippen LogP contribution in [0, 0.1) is 6.92 Å². The average Bonchev–Trinajstić information content (AvgIpc) is 2.43. The molecule has 2 aromatic carbocycles. The summed E-state index contributed by atoms with van der Waals surface area (Å²) in [6.45, 7) is 5.98. The molecule has 0 heterocycles. The van der Waals surface area contributed by atoms with Gasteiger partial charge in [0.2, 0.25) is 5.91 Å². The van der Waals surface area contributed by atoms with E-state index in [-0.39, 0.29) is 12.0 Å². The highest BCUT2D eigenvalue weighted by molar-refractivity contribution is 5.92. The van der Waals surface area contributed by atoms with Crippen LogP contribution in [0.5, 0.6) is 5.75 Å². The lowest BCUT2D eigenvalue weighted by molar-refractivity contribution is -0.115. The van der Waals surface area contributed by atoms with E-state index in [1.54, 1.807) is 0 Å². The van der Waals surface area contributed by atoms with E-state index in [0.29, 0.717) is 6.42 Å². The number of hydrogen-bond donors (Lipinski definition) is 1. The normalized spacial score (nSPS) is 10.5. The highest BCUT2D eigenvalue weighted by Gasteiger charge is 2.06. The van der Waals surface area contributed by atoms with Crippen LogP contribution in [0.2, 0.25) is 0 Å². The first-order chi connectivity index (χ1) is 10.0. The Morgan fingerprint density at radius 2 is 1.76 bits per heavy atom. The minimum absolute atomic E-state index is 0.0122. The summed E-state index contributed by atoms with van der Waals surface area (Å²) in [4.78, 5) is 12.1. The highest BCUT2D eigenvalue weighted by atomic mass is 16.5. The molecule has 0 saturated carbocycles. The quantitative estimate of drug-likeness (QED) is 0.902. The molecule has 0 aliphatic carbocycles. The van der Waals surface area contributed by atoms with E-state index in [1.165, 1.54) is 0 Å². The molecule has 2 rings (SSSR count). The van der Waals surface area contributed by atoms with Crippen molar-refractivity contribution in [3.8, 4) is 5.75 Å². The Morgan fingerprint density at radius 1 is 1.10 bits per heavy atom. The summed E-state index contributed by atoms with van der Waals surface area (Å²) >= 11 is 0. The molecule has 3 nitrogen and oxygen atoms in total. The fourth-order valence-electron chi connectivity index (χ4n) is 2.08. The van der Waals surface area contributed by atoms with Crippen LogP contribution in [-0.4, -0.2) is 12.0 Å². The smallest absolute Gasteiger partial charge is 0.228 e. The van der Waals surface area contributed by atoms with Gasteiger partial charge in [-0.05, 0) is 56.2 Å². The molecule has 0 aromatic heterocycles. The molecule has 1 amide bonds. The van der Waals surface area contributed by atoms with Crippen LogP contribution in [0.3, 0.4) is 0 Å². The number of hydrogen-bond acceptors (Lipinski definition) is 2. The van der Waals surface area contributed by atoms with E-state index >= 15 is 0 Å². The van der Waals surface area contributed by atoms with Crippen molar-refractivity contribution in [1.82, 2.24) is 0 Å². The number of aryl methyl sites for hydroxylation is 1. The predicted octanol–water partition coefficient (Wildman–Crippen LogP) is 3.96. The molecule has 0 unspecified atom stereocenters. The number of anilines is 1. The summed E-state index contributed by atoms with van der Waals surface area (Å²) in [6.07, 6.45) is 0.531. The van der Waals surface area contributed by atoms with E-state index < -0.39 is 0 Å². The van der Waals surface area contributed by atoms with Gasteiger partial charge in [-0.1, -0.05) is 24.3 Å². The number of benzene rings is 2. The number of carbonyl (C=O) groups is 1. The first-order valence-electron chi connectivity index (χ1n) is 7.15. The van der Waals surface area contributed by atoms with Gasteiger partial charge in [0, 0.05) is 5.69 Å². The third-order valence-electron chi connectivity index (χ3n) is 3.12. The Kier molecular flexibility index (Phi) is 4.99. The number of nitrogens with one attached hydrogen (secondary N) is 1. The molecule has 0 atom stereocenters. The van der Waals surface area contributed by atoms with Crippen molar-refractivity contribution in [2.75, 3.05) is 5.32 Å². The zero-order valence-corrected chi connectivity index (χ0v) is 12.7. The Morgan fingerprint density at radius 3 is 2.38 bits per heavy atom. The Labute approximate surface area is 126 Å². The number of carbonyl (C=O) groups excluding carboxylic acids is 1. The molecule has 3 heteroatoms. The maximum atomic E-state index is 12.1. The van der Waals surface area contributed by atoms with Gasteiger partial charge in [0.15, 0.2) is 0 Å². The van der Waals surface area contributed by atoms with Crippen molar-refractivity contribution >= 4 is 11.6 Å². The van der Waals surface area contributed by atoms with Crippen molar-refractivity contribution in [2.24, 2.45) is 0 Å². The maximum absolute atomic E-state index is 12.1. The standard InChI is InChI=1S/C18H21NO2/c1-13(2)21-17-10-8-16(9-11-17)19-18(20)12-15-7-5-4-6-14(15)3/h4-11,13H,12H2,1-3H3,(H,19,20). The minimum atomic E-state index is -0.0122. The van der Waals surface area contributed by atoms with E-state index in [0.717, 1.165) is 22.6 Å². The molecule has 21 heavy (non-hydrogen) atoms. The van der Waals surface area contributed by atoms with Crippen LogP contribution in [0.1, 0.15) is 25.0 Å². The van der Waals surface area contributed by atoms with Gasteiger partial charge >= 0.3 is 0 Å². The molecule has 0 radical (unpaired) electrons. The molecular formula is C18H21NO2. The zero-order valence-electron chi connectivity index (χ0n) is 12.7. The molecule has 0 aliphatic rings. The summed E-state index contributed by atoms with van der Waals surface area (Å²) in [5, 5.41) is 2.90. The molecule has 0 saturated heterocycles. The van der Waals surface area contributed by atoms with Crippen molar-refractivity contribution < 1.29 is 9.53 Å². The van der Waals surface area contributed by atoms with E-state index in [4.69, 9.17) is 4.74 Å². The fraction of sp³-hybridized carbons (Fsp3) is 0.278. The van der Waals surface area contributed by atoms with Crippen LogP contribution < -0.4 is 10.1 Å². The first kappa shape index (κ1) is 15.1. The van der Waals surface area contributed by atoms with Gasteiger partial charge in [-0.25, -0.2) is 0 Å². The van der Waals surface area contributed by atoms with Crippen LogP contribution in [0.25, 0.3) is 0 Å². The SMILES string of the molecule is Cc1ccccc1CC(=O)Nc1ccc(OC(C)C)cc1. The topological polar surface area (TPSA) is 38.3 Å². The Hall–Kier alpha value is -2.29. The van der Waals surface area contributed by atoms with Crippen LogP contribution in [0.4, 0.5) is 5.69 Å². The second-order valence-corrected chi connectivity index (χ2v) is 5.34. The second kappa shape index (κ2) is 6.93. The lowest BCUT2D eigenvalue weighted by Crippen LogP contribution is -2.15. The van der Waals surface area contributed by atoms with Gasteiger partial charge in [0.05, 0.1) is 12.5 Å². The Bertz CT molecular complexity index is 603. The van der Waals surface area contributed by atoms with Gasteiger partial charge in [-0.3, -0.25) is 4.79 Å². The van der Waals surface area contributed by atoms with Gasteiger partial charge in [-0.2, -0.15) is 0 Å². The van der Waals surface area contributed by atoms with E-state index in [2.05, 4.69) is 5.32 Å². The largest absolute Gasteiger partial charge is 0.491 e. The van der Waals surface area contributed by atoms with Gasteiger partial charge in [0.25, 0.3) is 0 Å². The average molecular weight is 283 g/mol. The molecule has 0 bridgehead atoms. The fourth-order valence-corrected chi connectivity index (χ4v) is 2.08. The highest BCUT2D eigenvalue weighted by Crippen LogP contribution is 2.17. The lowest BCUT2D eigenvalue weighted by atomic mass is 10.1. The second-order valence-electron chi connectivity index (χ2n) is 5.34. The van der Waals surface area contributed by atoms with E-state index in [1.807, 2.05) is 69.3 Å². The summed E-state index contributed by atoms with van der Waals surface area (Å²) in [7, 11) is 0. The maximum Gasteiger partial charge on any atom is 0.228 e. The first-order valence-corrected chi connectivity index (χ1v) is 7.15. The molecule has 1 N–H and O–H groups in total. The van der Waals surface area contributed by atoms with Crippen molar-refractivity contribution in [1.29, 1.82) is 0 Å². The van der Waals surface area contributed by atoms with Crippen molar-refractivity contribution in [3.05, 3.63) is 59.7 Å². The minimum Gasteiger partial charge on any atom is -0.491 e. The van der Waals surface area contributed by atoms with Crippen molar-refractivity contribution in [2.45, 2.75) is 33.3 Å². The summed E-state index contributed by atoms with van der Waals surface area (Å²) in [5.41, 5.74) is 2.97. The predicted molar refractivity (Wildman–Crippen MR) is 85.7 cm³/mol. The van der Waals surface area contributed by atoms with E-state index in [9.17, 15) is 4.79 Å². The molecule has 110 valence electrons. The lowest BCUT2D eigenvalue weighted by Gasteiger charge is -2.11. The summed E-state index contributed by atoms with van der Waals surface area (Å²) in [6, 6.07) is 15.4. The third-order valence-corrected chi connectivity index (χ3v) is 3.12. The van der Waals surface area contributed by atoms with Crippen LogP contribution in [-0.2, 0) is 11.2 Å². The zero-order chi connectivity index (χ0) is 15.2. The molecule has 0 fully saturated rings. The van der Waals surface area contributed by atoms with Crippen molar-refractivity contribution in [3.63, 3.8) is 0 Å². The van der Waals surface area contributed by atoms with Crippen LogP contribution in [0.15, 0.2) is 48.5 Å². The number of rotatable bonds is 5. The monoisotopic (exact) mass is 283 g/mol. The van der Waals surface area contributed by atoms with Gasteiger partial charge in [0.1, 0.15) is 5.75 Å². The Balaban J connectivity index is 1.95. The molecule has 2 aromatic rings. The van der Waals surface area contributed by atoms with Gasteiger partial charge in [-0.15, -0.1) is 0 Å². The number of ether oxygens (including phenoxy) is 1. The summed E-state index contributed by atoms with van der Waals surface area (Å²) < 4.78 is 5.57. The molecule has 0 aliphatic heterocycles.